The van der Waals surface area contributed by atoms with Crippen molar-refractivity contribution < 1.29 is 0 Å². The molecule has 0 radical (unpaired) electrons. The number of anilines is 2. The van der Waals surface area contributed by atoms with Gasteiger partial charge in [0.15, 0.2) is 0 Å². The Bertz CT molecular complexity index is 646. The third-order valence-electron chi connectivity index (χ3n) is 5.32. The van der Waals surface area contributed by atoms with Gasteiger partial charge in [0.05, 0.1) is 0 Å². The lowest BCUT2D eigenvalue weighted by atomic mass is 9.97. The SMILES string of the molecule is c1csc(CN2CCC(CNc3cc(N4CCCC4)ncn3)CC2)c1. The molecule has 6 heteroatoms. The molecular formula is C19H27N5S. The zero-order valence-corrected chi connectivity index (χ0v) is 15.5. The van der Waals surface area contributed by atoms with Crippen molar-refractivity contribution in [1.82, 2.24) is 14.9 Å². The molecule has 5 nitrogen and oxygen atoms in total. The minimum absolute atomic E-state index is 0.741. The molecule has 2 saturated heterocycles. The lowest BCUT2D eigenvalue weighted by molar-refractivity contribution is 0.184. The van der Waals surface area contributed by atoms with Crippen molar-refractivity contribution in [3.63, 3.8) is 0 Å². The van der Waals surface area contributed by atoms with Crippen LogP contribution in [0.25, 0.3) is 0 Å². The van der Waals surface area contributed by atoms with Gasteiger partial charge in [0.1, 0.15) is 18.0 Å². The fourth-order valence-electron chi connectivity index (χ4n) is 3.78. The van der Waals surface area contributed by atoms with Gasteiger partial charge in [-0.15, -0.1) is 11.3 Å². The highest BCUT2D eigenvalue weighted by Gasteiger charge is 2.20. The second kappa shape index (κ2) is 8.15. The van der Waals surface area contributed by atoms with Crippen LogP contribution in [-0.4, -0.2) is 47.6 Å². The first kappa shape index (κ1) is 16.8. The fourth-order valence-corrected chi connectivity index (χ4v) is 4.53. The second-order valence-electron chi connectivity index (χ2n) is 7.14. The van der Waals surface area contributed by atoms with E-state index in [4.69, 9.17) is 0 Å². The maximum Gasteiger partial charge on any atom is 0.134 e. The third-order valence-corrected chi connectivity index (χ3v) is 6.18. The molecule has 0 spiro atoms. The molecule has 0 saturated carbocycles. The van der Waals surface area contributed by atoms with Gasteiger partial charge in [0.2, 0.25) is 0 Å². The molecule has 2 aromatic heterocycles. The summed E-state index contributed by atoms with van der Waals surface area (Å²) in [6.45, 7) is 6.78. The largest absolute Gasteiger partial charge is 0.370 e. The molecule has 25 heavy (non-hydrogen) atoms. The maximum absolute atomic E-state index is 4.43. The van der Waals surface area contributed by atoms with Crippen LogP contribution in [-0.2, 0) is 6.54 Å². The van der Waals surface area contributed by atoms with Crippen molar-refractivity contribution in [1.29, 1.82) is 0 Å². The summed E-state index contributed by atoms with van der Waals surface area (Å²) < 4.78 is 0. The number of nitrogens with one attached hydrogen (secondary N) is 1. The summed E-state index contributed by atoms with van der Waals surface area (Å²) in [6.07, 6.45) is 6.78. The van der Waals surface area contributed by atoms with E-state index >= 15 is 0 Å². The van der Waals surface area contributed by atoms with Crippen LogP contribution in [0.1, 0.15) is 30.6 Å². The Labute approximate surface area is 154 Å². The van der Waals surface area contributed by atoms with E-state index in [1.807, 2.05) is 11.3 Å². The molecule has 4 rings (SSSR count). The number of rotatable bonds is 6. The van der Waals surface area contributed by atoms with Crippen LogP contribution in [0.4, 0.5) is 11.6 Å². The average Bonchev–Trinajstić information content (AvgIpc) is 3.35. The molecule has 134 valence electrons. The first-order chi connectivity index (χ1) is 12.4. The first-order valence-corrected chi connectivity index (χ1v) is 10.3. The van der Waals surface area contributed by atoms with Gasteiger partial charge in [-0.25, -0.2) is 9.97 Å². The molecule has 2 fully saturated rings. The third kappa shape index (κ3) is 4.50. The van der Waals surface area contributed by atoms with E-state index in [0.29, 0.717) is 0 Å². The maximum atomic E-state index is 4.43. The van der Waals surface area contributed by atoms with Crippen LogP contribution >= 0.6 is 11.3 Å². The zero-order chi connectivity index (χ0) is 16.9. The van der Waals surface area contributed by atoms with Crippen molar-refractivity contribution in [3.8, 4) is 0 Å². The summed E-state index contributed by atoms with van der Waals surface area (Å²) in [5.74, 6) is 2.78. The summed E-state index contributed by atoms with van der Waals surface area (Å²) in [6, 6.07) is 6.50. The van der Waals surface area contributed by atoms with Gasteiger partial charge in [0.25, 0.3) is 0 Å². The number of piperidine rings is 1. The van der Waals surface area contributed by atoms with Crippen LogP contribution in [0.2, 0.25) is 0 Å². The van der Waals surface area contributed by atoms with E-state index in [1.165, 1.54) is 43.6 Å². The number of likely N-dealkylation sites (tertiary alicyclic amines) is 1. The Morgan fingerprint density at radius 1 is 1.12 bits per heavy atom. The summed E-state index contributed by atoms with van der Waals surface area (Å²) in [5.41, 5.74) is 0. The van der Waals surface area contributed by atoms with Gasteiger partial charge < -0.3 is 10.2 Å². The molecule has 2 aliphatic rings. The molecule has 0 unspecified atom stereocenters. The van der Waals surface area contributed by atoms with E-state index in [0.717, 1.165) is 43.7 Å². The van der Waals surface area contributed by atoms with Crippen molar-refractivity contribution in [2.75, 3.05) is 42.9 Å². The van der Waals surface area contributed by atoms with Crippen LogP contribution in [0.5, 0.6) is 0 Å². The van der Waals surface area contributed by atoms with Crippen LogP contribution < -0.4 is 10.2 Å². The Morgan fingerprint density at radius 2 is 1.96 bits per heavy atom. The summed E-state index contributed by atoms with van der Waals surface area (Å²) in [4.78, 5) is 15.3. The van der Waals surface area contributed by atoms with Gasteiger partial charge in [0, 0.05) is 37.1 Å². The lowest BCUT2D eigenvalue weighted by Crippen LogP contribution is -2.35. The fraction of sp³-hybridized carbons (Fsp3) is 0.579. The summed E-state index contributed by atoms with van der Waals surface area (Å²) in [5, 5.41) is 5.72. The van der Waals surface area contributed by atoms with Gasteiger partial charge in [-0.05, 0) is 56.1 Å². The normalized spacial score (nSPS) is 19.4. The Balaban J connectivity index is 1.23. The van der Waals surface area contributed by atoms with E-state index < -0.39 is 0 Å². The average molecular weight is 358 g/mol. The molecule has 0 aliphatic carbocycles. The van der Waals surface area contributed by atoms with Gasteiger partial charge >= 0.3 is 0 Å². The highest BCUT2D eigenvalue weighted by Crippen LogP contribution is 2.22. The van der Waals surface area contributed by atoms with Gasteiger partial charge in [-0.3, -0.25) is 4.90 Å². The highest BCUT2D eigenvalue weighted by atomic mass is 32.1. The van der Waals surface area contributed by atoms with Crippen molar-refractivity contribution in [3.05, 3.63) is 34.8 Å². The van der Waals surface area contributed by atoms with Crippen LogP contribution in [0, 0.1) is 5.92 Å². The molecule has 0 atom stereocenters. The van der Waals surface area contributed by atoms with E-state index in [-0.39, 0.29) is 0 Å². The molecule has 1 N–H and O–H groups in total. The molecule has 0 amide bonds. The van der Waals surface area contributed by atoms with Crippen LogP contribution in [0.15, 0.2) is 29.9 Å². The minimum atomic E-state index is 0.741. The number of thiophene rings is 1. The smallest absolute Gasteiger partial charge is 0.134 e. The van der Waals surface area contributed by atoms with Gasteiger partial charge in [-0.1, -0.05) is 6.07 Å². The molecule has 2 aromatic rings. The first-order valence-electron chi connectivity index (χ1n) is 9.42. The van der Waals surface area contributed by atoms with E-state index in [9.17, 15) is 0 Å². The summed E-state index contributed by atoms with van der Waals surface area (Å²) in [7, 11) is 0. The van der Waals surface area contributed by atoms with Crippen LogP contribution in [0.3, 0.4) is 0 Å². The Kier molecular flexibility index (Phi) is 5.47. The number of aromatic nitrogens is 2. The molecule has 0 bridgehead atoms. The Morgan fingerprint density at radius 3 is 2.72 bits per heavy atom. The highest BCUT2D eigenvalue weighted by molar-refractivity contribution is 7.09. The number of nitrogens with zero attached hydrogens (tertiary/aromatic N) is 4. The molecular weight excluding hydrogens is 330 g/mol. The van der Waals surface area contributed by atoms with E-state index in [2.05, 4.69) is 48.7 Å². The molecule has 2 aliphatic heterocycles. The quantitative estimate of drug-likeness (QED) is 0.858. The summed E-state index contributed by atoms with van der Waals surface area (Å²) >= 11 is 1.86. The number of hydrogen-bond acceptors (Lipinski definition) is 6. The predicted molar refractivity (Wildman–Crippen MR) is 104 cm³/mol. The monoisotopic (exact) mass is 357 g/mol. The van der Waals surface area contributed by atoms with Crippen molar-refractivity contribution >= 4 is 23.0 Å². The Hall–Kier alpha value is -1.66. The predicted octanol–water partition coefficient (Wildman–Crippen LogP) is 3.46. The topological polar surface area (TPSA) is 44.3 Å². The van der Waals surface area contributed by atoms with Gasteiger partial charge in [-0.2, -0.15) is 0 Å². The zero-order valence-electron chi connectivity index (χ0n) is 14.7. The van der Waals surface area contributed by atoms with E-state index in [1.54, 1.807) is 6.33 Å². The standard InChI is InChI=1S/C19H27N5S/c1-2-8-24(7-1)19-12-18(21-15-22-19)20-13-16-5-9-23(10-6-16)14-17-4-3-11-25-17/h3-4,11-12,15-16H,1-2,5-10,13-14H2,(H,20,21,22). The minimum Gasteiger partial charge on any atom is -0.370 e. The van der Waals surface area contributed by atoms with Crippen molar-refractivity contribution in [2.45, 2.75) is 32.2 Å². The molecule has 0 aromatic carbocycles. The second-order valence-corrected chi connectivity index (χ2v) is 8.17. The number of hydrogen-bond donors (Lipinski definition) is 1. The molecule has 4 heterocycles. The van der Waals surface area contributed by atoms with Crippen molar-refractivity contribution in [2.24, 2.45) is 5.92 Å². The lowest BCUT2D eigenvalue weighted by Gasteiger charge is -2.31.